The van der Waals surface area contributed by atoms with Gasteiger partial charge in [0.25, 0.3) is 0 Å². The molecule has 3 aromatic heterocycles. The number of hydrogen-bond acceptors (Lipinski definition) is 3. The van der Waals surface area contributed by atoms with Crippen LogP contribution in [0.3, 0.4) is 0 Å². The van der Waals surface area contributed by atoms with Crippen LogP contribution in [-0.4, -0.2) is 26.5 Å². The van der Waals surface area contributed by atoms with E-state index in [1.54, 1.807) is 18.3 Å². The Bertz CT molecular complexity index is 1550. The van der Waals surface area contributed by atoms with E-state index in [1.165, 1.54) is 0 Å². The minimum absolute atomic E-state index is 0.0355. The van der Waals surface area contributed by atoms with E-state index < -0.39 is 0 Å². The number of amides is 3. The van der Waals surface area contributed by atoms with Crippen LogP contribution in [0.25, 0.3) is 21.9 Å². The first kappa shape index (κ1) is 19.1. The summed E-state index contributed by atoms with van der Waals surface area (Å²) >= 11 is 0. The van der Waals surface area contributed by atoms with Gasteiger partial charge in [0.15, 0.2) is 0 Å². The molecule has 3 amide bonds. The summed E-state index contributed by atoms with van der Waals surface area (Å²) in [7, 11) is 0. The molecule has 4 heterocycles. The largest absolute Gasteiger partial charge is 0.346 e. The quantitative estimate of drug-likeness (QED) is 0.328. The molecule has 0 bridgehead atoms. The van der Waals surface area contributed by atoms with E-state index >= 15 is 0 Å². The summed E-state index contributed by atoms with van der Waals surface area (Å²) in [5.74, 6) is -0.0355. The third-order valence-corrected chi connectivity index (χ3v) is 5.93. The highest BCUT2D eigenvalue weighted by Gasteiger charge is 2.18. The molecule has 0 saturated heterocycles. The van der Waals surface area contributed by atoms with Gasteiger partial charge in [-0.05, 0) is 59.7 Å². The van der Waals surface area contributed by atoms with E-state index in [4.69, 9.17) is 0 Å². The molecule has 162 valence electrons. The van der Waals surface area contributed by atoms with Gasteiger partial charge in [0.1, 0.15) is 5.65 Å². The summed E-state index contributed by atoms with van der Waals surface area (Å²) in [6.07, 6.45) is 6.11. The summed E-state index contributed by atoms with van der Waals surface area (Å²) in [5.41, 5.74) is 6.08. The maximum atomic E-state index is 12.7. The molecule has 8 heteroatoms. The Labute approximate surface area is 188 Å². The van der Waals surface area contributed by atoms with E-state index in [9.17, 15) is 9.59 Å². The fourth-order valence-electron chi connectivity index (χ4n) is 4.39. The summed E-state index contributed by atoms with van der Waals surface area (Å²) < 4.78 is 2.15. The van der Waals surface area contributed by atoms with Crippen LogP contribution in [0.4, 0.5) is 21.9 Å². The molecule has 0 atom stereocenters. The van der Waals surface area contributed by atoms with Gasteiger partial charge in [-0.2, -0.15) is 0 Å². The van der Waals surface area contributed by atoms with Crippen LogP contribution in [0.15, 0.2) is 73.2 Å². The van der Waals surface area contributed by atoms with Crippen molar-refractivity contribution in [3.05, 3.63) is 84.3 Å². The topological polar surface area (TPSA) is 104 Å². The number of hydrogen-bond donors (Lipinski definition) is 4. The normalized spacial score (nSPS) is 12.7. The molecule has 1 aliphatic rings. The van der Waals surface area contributed by atoms with Crippen LogP contribution in [0.1, 0.15) is 11.1 Å². The van der Waals surface area contributed by atoms with Crippen molar-refractivity contribution in [1.82, 2.24) is 14.5 Å². The van der Waals surface area contributed by atoms with E-state index in [0.29, 0.717) is 18.7 Å². The molecule has 4 N–H and O–H groups in total. The number of nitrogens with one attached hydrogen (secondary N) is 4. The second-order valence-corrected chi connectivity index (χ2v) is 8.07. The van der Waals surface area contributed by atoms with E-state index in [1.807, 2.05) is 48.8 Å². The van der Waals surface area contributed by atoms with Crippen molar-refractivity contribution in [3.8, 4) is 0 Å². The van der Waals surface area contributed by atoms with Crippen molar-refractivity contribution in [3.63, 3.8) is 0 Å². The lowest BCUT2D eigenvalue weighted by atomic mass is 10.1. The van der Waals surface area contributed by atoms with Crippen LogP contribution in [0.2, 0.25) is 0 Å². The zero-order valence-electron chi connectivity index (χ0n) is 17.6. The van der Waals surface area contributed by atoms with Gasteiger partial charge in [0, 0.05) is 47.3 Å². The average molecular weight is 436 g/mol. The fourth-order valence-corrected chi connectivity index (χ4v) is 4.39. The first-order valence-electron chi connectivity index (χ1n) is 10.6. The van der Waals surface area contributed by atoms with Gasteiger partial charge in [-0.15, -0.1) is 0 Å². The first-order chi connectivity index (χ1) is 16.1. The Hall–Kier alpha value is -4.59. The Morgan fingerprint density at radius 3 is 2.94 bits per heavy atom. The van der Waals surface area contributed by atoms with Crippen molar-refractivity contribution >= 4 is 50.9 Å². The zero-order chi connectivity index (χ0) is 22.4. The summed E-state index contributed by atoms with van der Waals surface area (Å²) in [6, 6.07) is 16.9. The number of anilines is 3. The summed E-state index contributed by atoms with van der Waals surface area (Å²) in [4.78, 5) is 31.8. The smallest absolute Gasteiger partial charge is 0.323 e. The molecule has 0 spiro atoms. The fraction of sp³-hybridized carbons (Fsp3) is 0.0800. The summed E-state index contributed by atoms with van der Waals surface area (Å²) in [5, 5.41) is 10.6. The highest BCUT2D eigenvalue weighted by molar-refractivity contribution is 6.06. The predicted molar refractivity (Wildman–Crippen MR) is 129 cm³/mol. The highest BCUT2D eigenvalue weighted by Crippen LogP contribution is 2.28. The van der Waals surface area contributed by atoms with Crippen LogP contribution in [0.5, 0.6) is 0 Å². The Balaban J connectivity index is 1.22. The second kappa shape index (κ2) is 7.52. The van der Waals surface area contributed by atoms with Crippen molar-refractivity contribution in [2.24, 2.45) is 0 Å². The maximum absolute atomic E-state index is 12.7. The number of pyridine rings is 1. The van der Waals surface area contributed by atoms with Crippen molar-refractivity contribution in [2.75, 3.05) is 16.0 Å². The van der Waals surface area contributed by atoms with Crippen LogP contribution < -0.4 is 16.0 Å². The van der Waals surface area contributed by atoms with Crippen LogP contribution >= 0.6 is 0 Å². The Morgan fingerprint density at radius 1 is 1.06 bits per heavy atom. The molecule has 0 radical (unpaired) electrons. The number of nitrogens with zero attached hydrogens (tertiary/aromatic N) is 2. The van der Waals surface area contributed by atoms with E-state index in [2.05, 4.69) is 36.6 Å². The molecule has 0 aliphatic carbocycles. The van der Waals surface area contributed by atoms with Crippen LogP contribution in [0, 0.1) is 0 Å². The lowest BCUT2D eigenvalue weighted by Crippen LogP contribution is -2.19. The minimum atomic E-state index is -0.338. The van der Waals surface area contributed by atoms with E-state index in [0.717, 1.165) is 44.4 Å². The molecule has 2 aromatic carbocycles. The van der Waals surface area contributed by atoms with Crippen molar-refractivity contribution in [1.29, 1.82) is 0 Å². The van der Waals surface area contributed by atoms with Gasteiger partial charge < -0.3 is 25.5 Å². The maximum Gasteiger partial charge on any atom is 0.323 e. The first-order valence-corrected chi connectivity index (χ1v) is 10.6. The van der Waals surface area contributed by atoms with Gasteiger partial charge >= 0.3 is 6.03 Å². The number of carbonyl (C=O) groups is 2. The number of fused-ring (bicyclic) bond motifs is 3. The van der Waals surface area contributed by atoms with Crippen LogP contribution in [-0.2, 0) is 17.8 Å². The molecule has 0 unspecified atom stereocenters. The third kappa shape index (κ3) is 3.47. The van der Waals surface area contributed by atoms with Gasteiger partial charge in [0.2, 0.25) is 5.91 Å². The number of benzene rings is 2. The lowest BCUT2D eigenvalue weighted by Gasteiger charge is -2.11. The van der Waals surface area contributed by atoms with Gasteiger partial charge in [0.05, 0.1) is 17.6 Å². The summed E-state index contributed by atoms with van der Waals surface area (Å²) in [6.45, 7) is 0.687. The number of urea groups is 1. The second-order valence-electron chi connectivity index (χ2n) is 8.07. The average Bonchev–Trinajstić information content (AvgIpc) is 3.51. The molecule has 5 aromatic rings. The molecule has 6 rings (SSSR count). The molecular formula is C25H20N6O2. The molecule has 1 aliphatic heterocycles. The molecule has 8 nitrogen and oxygen atoms in total. The molecule has 33 heavy (non-hydrogen) atoms. The number of aromatic amines is 1. The highest BCUT2D eigenvalue weighted by atomic mass is 16.2. The van der Waals surface area contributed by atoms with E-state index in [-0.39, 0.29) is 11.9 Å². The number of rotatable bonds is 4. The monoisotopic (exact) mass is 436 g/mol. The molecule has 0 saturated carbocycles. The van der Waals surface area contributed by atoms with Gasteiger partial charge in [-0.25, -0.2) is 9.78 Å². The van der Waals surface area contributed by atoms with Crippen molar-refractivity contribution < 1.29 is 9.59 Å². The molecule has 0 fully saturated rings. The Kier molecular flexibility index (Phi) is 4.36. The number of aromatic nitrogens is 3. The lowest BCUT2D eigenvalue weighted by molar-refractivity contribution is -0.115. The SMILES string of the molecule is O=C1Cc2cc(NC(=O)Nc3cccc4c3ccn4Cc3c[nH]c4ncccc34)ccc2N1. The predicted octanol–water partition coefficient (Wildman–Crippen LogP) is 4.70. The van der Waals surface area contributed by atoms with Gasteiger partial charge in [-0.3, -0.25) is 4.79 Å². The molecular weight excluding hydrogens is 416 g/mol. The number of H-pyrrole nitrogens is 1. The minimum Gasteiger partial charge on any atom is -0.346 e. The third-order valence-electron chi connectivity index (χ3n) is 5.93. The van der Waals surface area contributed by atoms with Gasteiger partial charge in [-0.1, -0.05) is 6.07 Å². The number of carbonyl (C=O) groups excluding carboxylic acids is 2. The standard InChI is InChI=1S/C25H20N6O2/c32-23-12-15-11-17(6-7-20(15)29-23)28-25(33)30-21-4-1-5-22-19(21)8-10-31(22)14-16-13-27-24-18(16)3-2-9-26-24/h1-11,13H,12,14H2,(H,26,27)(H,29,32)(H2,28,30,33). The Morgan fingerprint density at radius 2 is 2.00 bits per heavy atom. The zero-order valence-corrected chi connectivity index (χ0v) is 17.6. The van der Waals surface area contributed by atoms with Crippen molar-refractivity contribution in [2.45, 2.75) is 13.0 Å².